The van der Waals surface area contributed by atoms with Gasteiger partial charge in [0.05, 0.1) is 0 Å². The predicted molar refractivity (Wildman–Crippen MR) is 213 cm³/mol. The van der Waals surface area contributed by atoms with Crippen molar-refractivity contribution in [2.24, 2.45) is 0 Å². The van der Waals surface area contributed by atoms with E-state index in [2.05, 4.69) is 207 Å². The van der Waals surface area contributed by atoms with Gasteiger partial charge >= 0.3 is 0 Å². The summed E-state index contributed by atoms with van der Waals surface area (Å²) < 4.78 is 0. The van der Waals surface area contributed by atoms with E-state index in [1.54, 1.807) is 0 Å². The fourth-order valence-electron chi connectivity index (χ4n) is 7.99. The highest BCUT2D eigenvalue weighted by atomic mass is 15.1. The normalized spacial score (nSPS) is 12.8. The van der Waals surface area contributed by atoms with Crippen molar-refractivity contribution in [2.75, 3.05) is 4.90 Å². The van der Waals surface area contributed by atoms with Gasteiger partial charge in [-0.3, -0.25) is 0 Å². The number of fused-ring (bicyclic) bond motifs is 5. The topological polar surface area (TPSA) is 3.24 Å². The Morgan fingerprint density at radius 3 is 1.32 bits per heavy atom. The summed E-state index contributed by atoms with van der Waals surface area (Å²) in [5.74, 6) is 0. The van der Waals surface area contributed by atoms with Crippen LogP contribution in [0.2, 0.25) is 0 Å². The van der Waals surface area contributed by atoms with Gasteiger partial charge in [0.1, 0.15) is 0 Å². The van der Waals surface area contributed by atoms with Crippen LogP contribution in [0.3, 0.4) is 0 Å². The van der Waals surface area contributed by atoms with Crippen molar-refractivity contribution < 1.29 is 0 Å². The zero-order chi connectivity index (χ0) is 33.7. The van der Waals surface area contributed by atoms with Crippen molar-refractivity contribution in [1.29, 1.82) is 0 Å². The maximum atomic E-state index is 2.43. The molecule has 0 atom stereocenters. The van der Waals surface area contributed by atoms with Gasteiger partial charge < -0.3 is 4.90 Å². The van der Waals surface area contributed by atoms with E-state index in [1.807, 2.05) is 0 Å². The number of benzene rings is 8. The molecule has 1 heteroatoms. The van der Waals surface area contributed by atoms with E-state index in [-0.39, 0.29) is 5.41 Å². The molecule has 0 aliphatic heterocycles. The maximum Gasteiger partial charge on any atom is 0.0465 e. The lowest BCUT2D eigenvalue weighted by atomic mass is 9.79. The van der Waals surface area contributed by atoms with Crippen LogP contribution in [0.15, 0.2) is 188 Å². The third-order valence-electron chi connectivity index (χ3n) is 10.4. The van der Waals surface area contributed by atoms with Crippen LogP contribution in [0.25, 0.3) is 55.3 Å². The molecule has 0 heterocycles. The molecular formula is C49H37N. The second-order valence-corrected chi connectivity index (χ2v) is 13.8. The van der Waals surface area contributed by atoms with Crippen molar-refractivity contribution in [3.63, 3.8) is 0 Å². The van der Waals surface area contributed by atoms with E-state index in [0.29, 0.717) is 0 Å². The fraction of sp³-hybridized carbons (Fsp3) is 0.0612. The molecule has 0 saturated heterocycles. The summed E-state index contributed by atoms with van der Waals surface area (Å²) in [4.78, 5) is 2.40. The van der Waals surface area contributed by atoms with E-state index >= 15 is 0 Å². The number of anilines is 3. The molecule has 0 bridgehead atoms. The van der Waals surface area contributed by atoms with Crippen LogP contribution < -0.4 is 4.90 Å². The van der Waals surface area contributed by atoms with Gasteiger partial charge in [0.25, 0.3) is 0 Å². The minimum Gasteiger partial charge on any atom is -0.310 e. The van der Waals surface area contributed by atoms with Crippen molar-refractivity contribution >= 4 is 27.8 Å². The monoisotopic (exact) mass is 639 g/mol. The Balaban J connectivity index is 1.19. The summed E-state index contributed by atoms with van der Waals surface area (Å²) in [6, 6.07) is 68.4. The van der Waals surface area contributed by atoms with Crippen LogP contribution in [-0.2, 0) is 5.41 Å². The van der Waals surface area contributed by atoms with Gasteiger partial charge in [0.2, 0.25) is 0 Å². The lowest BCUT2D eigenvalue weighted by Gasteiger charge is -2.28. The molecule has 1 nitrogen and oxygen atoms in total. The SMILES string of the molecule is CC1(C)c2cc(N(c3ccc(-c4ccccc4)cc3)c3ccc(-c4ccccc4)cc3)ccc2-c2cc(-c3ccccc3)c3ccccc3c21. The Morgan fingerprint density at radius 1 is 0.340 bits per heavy atom. The Kier molecular flexibility index (Phi) is 7.21. The molecule has 8 aromatic rings. The Bertz CT molecular complexity index is 2380. The van der Waals surface area contributed by atoms with Crippen LogP contribution in [0.1, 0.15) is 25.0 Å². The summed E-state index contributed by atoms with van der Waals surface area (Å²) in [6.45, 7) is 4.79. The zero-order valence-electron chi connectivity index (χ0n) is 28.3. The lowest BCUT2D eigenvalue weighted by Crippen LogP contribution is -2.17. The van der Waals surface area contributed by atoms with E-state index in [9.17, 15) is 0 Å². The fourth-order valence-corrected chi connectivity index (χ4v) is 7.99. The van der Waals surface area contributed by atoms with Crippen LogP contribution >= 0.6 is 0 Å². The predicted octanol–water partition coefficient (Wildman–Crippen LogP) is 13.6. The van der Waals surface area contributed by atoms with E-state index in [1.165, 1.54) is 66.4 Å². The number of nitrogens with zero attached hydrogens (tertiary/aromatic N) is 1. The molecule has 0 radical (unpaired) electrons. The highest BCUT2D eigenvalue weighted by Gasteiger charge is 2.38. The van der Waals surface area contributed by atoms with Gasteiger partial charge in [0, 0.05) is 22.5 Å². The molecule has 9 rings (SSSR count). The molecule has 0 unspecified atom stereocenters. The van der Waals surface area contributed by atoms with Gasteiger partial charge in [-0.25, -0.2) is 0 Å². The highest BCUT2D eigenvalue weighted by Crippen LogP contribution is 2.54. The molecule has 0 aromatic heterocycles. The number of rotatable bonds is 6. The maximum absolute atomic E-state index is 2.43. The first-order chi connectivity index (χ1) is 24.6. The summed E-state index contributed by atoms with van der Waals surface area (Å²) in [6.07, 6.45) is 0. The molecule has 238 valence electrons. The molecule has 1 aliphatic carbocycles. The average molecular weight is 640 g/mol. The molecule has 8 aromatic carbocycles. The van der Waals surface area contributed by atoms with Gasteiger partial charge in [-0.05, 0) is 109 Å². The first-order valence-electron chi connectivity index (χ1n) is 17.4. The highest BCUT2D eigenvalue weighted by molar-refractivity contribution is 6.06. The lowest BCUT2D eigenvalue weighted by molar-refractivity contribution is 0.666. The van der Waals surface area contributed by atoms with Gasteiger partial charge in [0.15, 0.2) is 0 Å². The number of hydrogen-bond donors (Lipinski definition) is 0. The molecular weight excluding hydrogens is 603 g/mol. The minimum atomic E-state index is -0.185. The van der Waals surface area contributed by atoms with Crippen LogP contribution in [0.4, 0.5) is 17.1 Å². The first kappa shape index (κ1) is 29.9. The smallest absolute Gasteiger partial charge is 0.0465 e. The molecule has 1 aliphatic rings. The second-order valence-electron chi connectivity index (χ2n) is 13.8. The van der Waals surface area contributed by atoms with Crippen LogP contribution in [0, 0.1) is 0 Å². The third kappa shape index (κ3) is 5.02. The van der Waals surface area contributed by atoms with Crippen molar-refractivity contribution in [1.82, 2.24) is 0 Å². The van der Waals surface area contributed by atoms with Gasteiger partial charge in [-0.1, -0.05) is 159 Å². The summed E-state index contributed by atoms with van der Waals surface area (Å²) >= 11 is 0. The Hall–Kier alpha value is -6.18. The molecule has 0 spiro atoms. The largest absolute Gasteiger partial charge is 0.310 e. The van der Waals surface area contributed by atoms with Gasteiger partial charge in [-0.15, -0.1) is 0 Å². The molecule has 50 heavy (non-hydrogen) atoms. The van der Waals surface area contributed by atoms with Gasteiger partial charge in [-0.2, -0.15) is 0 Å². The Labute approximate surface area is 294 Å². The van der Waals surface area contributed by atoms with E-state index in [0.717, 1.165) is 17.1 Å². The molecule has 0 saturated carbocycles. The van der Waals surface area contributed by atoms with Crippen LogP contribution in [-0.4, -0.2) is 0 Å². The number of hydrogen-bond acceptors (Lipinski definition) is 1. The molecule has 0 fully saturated rings. The summed E-state index contributed by atoms with van der Waals surface area (Å²) in [5.41, 5.74) is 16.0. The van der Waals surface area contributed by atoms with E-state index in [4.69, 9.17) is 0 Å². The van der Waals surface area contributed by atoms with Crippen molar-refractivity contribution in [3.05, 3.63) is 199 Å². The quantitative estimate of drug-likeness (QED) is 0.175. The minimum absolute atomic E-state index is 0.185. The standard InChI is InChI=1S/C49H37N/c1-49(2)47-32-41(30-31-43(47)46-33-45(38-18-10-5-11-19-38)42-20-12-13-21-44(42)48(46)49)50(39-26-22-36(23-27-39)34-14-6-3-7-15-34)40-28-24-37(25-29-40)35-16-8-4-9-17-35/h3-33H,1-2H3. The van der Waals surface area contributed by atoms with Crippen molar-refractivity contribution in [2.45, 2.75) is 19.3 Å². The van der Waals surface area contributed by atoms with Crippen molar-refractivity contribution in [3.8, 4) is 44.5 Å². The first-order valence-corrected chi connectivity index (χ1v) is 17.4. The average Bonchev–Trinajstić information content (AvgIpc) is 3.41. The van der Waals surface area contributed by atoms with Crippen LogP contribution in [0.5, 0.6) is 0 Å². The van der Waals surface area contributed by atoms with E-state index < -0.39 is 0 Å². The third-order valence-corrected chi connectivity index (χ3v) is 10.4. The summed E-state index contributed by atoms with van der Waals surface area (Å²) in [7, 11) is 0. The Morgan fingerprint density at radius 2 is 0.780 bits per heavy atom. The molecule has 0 amide bonds. The second kappa shape index (κ2) is 12.1. The molecule has 0 N–H and O–H groups in total. The zero-order valence-corrected chi connectivity index (χ0v) is 28.3. The summed E-state index contributed by atoms with van der Waals surface area (Å²) in [5, 5.41) is 2.63.